The highest BCUT2D eigenvalue weighted by atomic mass is 32.1. The minimum Gasteiger partial charge on any atom is -0.492 e. The van der Waals surface area contributed by atoms with E-state index in [1.165, 1.54) is 0 Å². The number of nitrogens with zero attached hydrogens (tertiary/aromatic N) is 2. The molecular formula is C10H11N3O2S. The summed E-state index contributed by atoms with van der Waals surface area (Å²) in [5.74, 6) is 0.696. The van der Waals surface area contributed by atoms with Gasteiger partial charge in [0.15, 0.2) is 0 Å². The van der Waals surface area contributed by atoms with Crippen LogP contribution in [0.25, 0.3) is 10.6 Å². The second kappa shape index (κ2) is 4.89. The van der Waals surface area contributed by atoms with Gasteiger partial charge in [-0.25, -0.2) is 5.10 Å². The van der Waals surface area contributed by atoms with Crippen molar-refractivity contribution < 1.29 is 4.74 Å². The molecule has 0 aliphatic heterocycles. The molecule has 0 aliphatic rings. The van der Waals surface area contributed by atoms with Crippen molar-refractivity contribution in [2.24, 2.45) is 0 Å². The minimum absolute atomic E-state index is 0.171. The van der Waals surface area contributed by atoms with E-state index in [4.69, 9.17) is 4.74 Å². The summed E-state index contributed by atoms with van der Waals surface area (Å²) in [6.45, 7) is 2.69. The largest absolute Gasteiger partial charge is 0.492 e. The highest BCUT2D eigenvalue weighted by molar-refractivity contribution is 7.12. The molecule has 1 N–H and O–H groups in total. The van der Waals surface area contributed by atoms with E-state index in [0.717, 1.165) is 23.3 Å². The zero-order chi connectivity index (χ0) is 11.4. The fraction of sp³-hybridized carbons (Fsp3) is 0.300. The fourth-order valence-electron chi connectivity index (χ4n) is 1.19. The molecule has 0 amide bonds. The topological polar surface area (TPSA) is 67.9 Å². The number of pyridine rings is 1. The molecule has 0 radical (unpaired) electrons. The molecule has 2 heterocycles. The number of hydrogen-bond donors (Lipinski definition) is 1. The third kappa shape index (κ3) is 2.46. The van der Waals surface area contributed by atoms with Crippen LogP contribution in [0.1, 0.15) is 13.3 Å². The van der Waals surface area contributed by atoms with Crippen molar-refractivity contribution >= 4 is 11.3 Å². The number of aromatic nitrogens is 3. The molecule has 2 aromatic heterocycles. The summed E-state index contributed by atoms with van der Waals surface area (Å²) >= 11 is 1.06. The maximum Gasteiger partial charge on any atom is 0.322 e. The summed E-state index contributed by atoms with van der Waals surface area (Å²) in [4.78, 5) is 14.8. The average molecular weight is 237 g/mol. The molecule has 0 unspecified atom stereocenters. The van der Waals surface area contributed by atoms with Gasteiger partial charge in [-0.3, -0.25) is 9.78 Å². The highest BCUT2D eigenvalue weighted by Crippen LogP contribution is 2.21. The van der Waals surface area contributed by atoms with E-state index in [2.05, 4.69) is 15.2 Å². The summed E-state index contributed by atoms with van der Waals surface area (Å²) in [7, 11) is 0. The van der Waals surface area contributed by atoms with Crippen LogP contribution in [0.4, 0.5) is 0 Å². The van der Waals surface area contributed by atoms with Gasteiger partial charge in [0.25, 0.3) is 0 Å². The van der Waals surface area contributed by atoms with Crippen LogP contribution in [0.3, 0.4) is 0 Å². The molecule has 5 nitrogen and oxygen atoms in total. The first-order valence-electron chi connectivity index (χ1n) is 4.93. The van der Waals surface area contributed by atoms with Crippen molar-refractivity contribution in [1.82, 2.24) is 15.2 Å². The smallest absolute Gasteiger partial charge is 0.322 e. The van der Waals surface area contributed by atoms with Crippen molar-refractivity contribution in [3.63, 3.8) is 0 Å². The normalized spacial score (nSPS) is 10.3. The Morgan fingerprint density at radius 1 is 1.50 bits per heavy atom. The van der Waals surface area contributed by atoms with Crippen LogP contribution in [0.5, 0.6) is 5.75 Å². The van der Waals surface area contributed by atoms with Gasteiger partial charge in [-0.05, 0) is 12.5 Å². The van der Waals surface area contributed by atoms with E-state index in [0.29, 0.717) is 17.4 Å². The molecule has 0 fully saturated rings. The number of nitrogens with one attached hydrogen (secondary N) is 1. The van der Waals surface area contributed by atoms with Crippen LogP contribution in [0.2, 0.25) is 0 Å². The van der Waals surface area contributed by atoms with Gasteiger partial charge in [0.1, 0.15) is 10.8 Å². The summed E-state index contributed by atoms with van der Waals surface area (Å²) < 4.78 is 5.45. The van der Waals surface area contributed by atoms with Crippen molar-refractivity contribution in [2.75, 3.05) is 6.61 Å². The molecule has 16 heavy (non-hydrogen) atoms. The van der Waals surface area contributed by atoms with Gasteiger partial charge in [-0.2, -0.15) is 5.10 Å². The van der Waals surface area contributed by atoms with E-state index < -0.39 is 0 Å². The number of aromatic amines is 1. The standard InChI is InChI=1S/C10H11N3O2S/c1-2-3-15-8-4-7(5-11-6-8)9-12-13-10(14)16-9/h4-6H,2-3H2,1H3,(H,13,14). The van der Waals surface area contributed by atoms with E-state index in [1.54, 1.807) is 12.4 Å². The first-order chi connectivity index (χ1) is 7.79. The zero-order valence-electron chi connectivity index (χ0n) is 8.77. The molecule has 0 saturated heterocycles. The van der Waals surface area contributed by atoms with Gasteiger partial charge in [0.05, 0.1) is 12.8 Å². The second-order valence-electron chi connectivity index (χ2n) is 3.18. The maximum atomic E-state index is 11.0. The maximum absolute atomic E-state index is 11.0. The molecule has 84 valence electrons. The van der Waals surface area contributed by atoms with Crippen LogP contribution in [-0.2, 0) is 0 Å². The Hall–Kier alpha value is -1.69. The molecule has 0 aliphatic carbocycles. The summed E-state index contributed by atoms with van der Waals surface area (Å²) in [5, 5.41) is 6.89. The third-order valence-corrected chi connectivity index (χ3v) is 2.67. The summed E-state index contributed by atoms with van der Waals surface area (Å²) in [6, 6.07) is 1.83. The molecular weight excluding hydrogens is 226 g/mol. The van der Waals surface area contributed by atoms with Crippen LogP contribution in [-0.4, -0.2) is 21.8 Å². The lowest BCUT2D eigenvalue weighted by Crippen LogP contribution is -1.95. The number of rotatable bonds is 4. The van der Waals surface area contributed by atoms with Gasteiger partial charge < -0.3 is 4.74 Å². The van der Waals surface area contributed by atoms with Gasteiger partial charge in [-0.15, -0.1) is 0 Å². The first-order valence-corrected chi connectivity index (χ1v) is 5.75. The number of hydrogen-bond acceptors (Lipinski definition) is 5. The Balaban J connectivity index is 2.25. The Morgan fingerprint density at radius 2 is 2.38 bits per heavy atom. The minimum atomic E-state index is -0.171. The SMILES string of the molecule is CCCOc1cncc(-c2n[nH]c(=O)s2)c1. The number of ether oxygens (including phenoxy) is 1. The highest BCUT2D eigenvalue weighted by Gasteiger charge is 2.05. The van der Waals surface area contributed by atoms with Crippen LogP contribution in [0.15, 0.2) is 23.3 Å². The van der Waals surface area contributed by atoms with Crippen molar-refractivity contribution in [3.8, 4) is 16.3 Å². The molecule has 0 atom stereocenters. The summed E-state index contributed by atoms with van der Waals surface area (Å²) in [5.41, 5.74) is 0.789. The molecule has 2 rings (SSSR count). The van der Waals surface area contributed by atoms with Gasteiger partial charge >= 0.3 is 4.87 Å². The lowest BCUT2D eigenvalue weighted by atomic mass is 10.3. The van der Waals surface area contributed by atoms with Crippen molar-refractivity contribution in [2.45, 2.75) is 13.3 Å². The average Bonchev–Trinajstić information content (AvgIpc) is 2.74. The molecule has 2 aromatic rings. The lowest BCUT2D eigenvalue weighted by molar-refractivity contribution is 0.316. The predicted octanol–water partition coefficient (Wildman–Crippen LogP) is 1.68. The van der Waals surface area contributed by atoms with Crippen LogP contribution in [0, 0.1) is 0 Å². The van der Waals surface area contributed by atoms with E-state index in [1.807, 2.05) is 13.0 Å². The van der Waals surface area contributed by atoms with E-state index >= 15 is 0 Å². The Bertz CT molecular complexity index is 521. The zero-order valence-corrected chi connectivity index (χ0v) is 9.58. The monoisotopic (exact) mass is 237 g/mol. The Kier molecular flexibility index (Phi) is 3.31. The Morgan fingerprint density at radius 3 is 3.06 bits per heavy atom. The molecule has 0 spiro atoms. The Labute approximate surface area is 96.1 Å². The molecule has 0 aromatic carbocycles. The predicted molar refractivity (Wildman–Crippen MR) is 61.8 cm³/mol. The van der Waals surface area contributed by atoms with Crippen molar-refractivity contribution in [3.05, 3.63) is 28.1 Å². The van der Waals surface area contributed by atoms with E-state index in [-0.39, 0.29) is 4.87 Å². The first kappa shape index (κ1) is 10.8. The molecule has 6 heteroatoms. The van der Waals surface area contributed by atoms with Crippen molar-refractivity contribution in [1.29, 1.82) is 0 Å². The molecule has 0 bridgehead atoms. The van der Waals surface area contributed by atoms with Crippen LogP contribution >= 0.6 is 11.3 Å². The number of H-pyrrole nitrogens is 1. The van der Waals surface area contributed by atoms with Gasteiger partial charge in [0.2, 0.25) is 0 Å². The fourth-order valence-corrected chi connectivity index (χ4v) is 1.78. The summed E-state index contributed by atoms with van der Waals surface area (Å²) in [6.07, 6.45) is 4.25. The lowest BCUT2D eigenvalue weighted by Gasteiger charge is -2.04. The second-order valence-corrected chi connectivity index (χ2v) is 4.14. The third-order valence-electron chi connectivity index (χ3n) is 1.87. The van der Waals surface area contributed by atoms with E-state index in [9.17, 15) is 4.79 Å². The quantitative estimate of drug-likeness (QED) is 0.878. The molecule has 0 saturated carbocycles. The van der Waals surface area contributed by atoms with Gasteiger partial charge in [0, 0.05) is 11.8 Å². The van der Waals surface area contributed by atoms with Gasteiger partial charge in [-0.1, -0.05) is 18.3 Å². The van der Waals surface area contributed by atoms with Crippen LogP contribution < -0.4 is 9.61 Å².